The van der Waals surface area contributed by atoms with E-state index in [1.165, 1.54) is 11.9 Å². The summed E-state index contributed by atoms with van der Waals surface area (Å²) in [5.41, 5.74) is 0. The fourth-order valence-electron chi connectivity index (χ4n) is 0.979. The molecule has 8 nitrogen and oxygen atoms in total. The number of nitrogens with zero attached hydrogens (tertiary/aromatic N) is 1. The average molecular weight is 282 g/mol. The molecule has 0 saturated carbocycles. The Morgan fingerprint density at radius 3 is 2.39 bits per heavy atom. The van der Waals surface area contributed by atoms with E-state index < -0.39 is 27.9 Å². The SMILES string of the molecule is CN(CCS(C)(=O)=O)C(=O)NCCC(O)C(=O)O. The zero-order chi connectivity index (χ0) is 14.3. The summed E-state index contributed by atoms with van der Waals surface area (Å²) in [7, 11) is -1.71. The number of amides is 2. The number of hydrogen-bond donors (Lipinski definition) is 3. The van der Waals surface area contributed by atoms with Crippen molar-refractivity contribution in [3.8, 4) is 0 Å². The molecular weight excluding hydrogens is 264 g/mol. The van der Waals surface area contributed by atoms with Crippen LogP contribution in [0.2, 0.25) is 0 Å². The number of carbonyl (C=O) groups excluding carboxylic acids is 1. The number of rotatable bonds is 7. The molecule has 0 heterocycles. The minimum Gasteiger partial charge on any atom is -0.479 e. The number of carboxylic acid groups (broad SMARTS) is 1. The number of aliphatic hydroxyl groups excluding tert-OH is 1. The molecule has 0 aliphatic carbocycles. The molecule has 0 aromatic heterocycles. The fraction of sp³-hybridized carbons (Fsp3) is 0.778. The van der Waals surface area contributed by atoms with Crippen LogP contribution in [0.25, 0.3) is 0 Å². The largest absolute Gasteiger partial charge is 0.479 e. The normalized spacial score (nSPS) is 12.8. The van der Waals surface area contributed by atoms with Gasteiger partial charge in [-0.05, 0) is 0 Å². The van der Waals surface area contributed by atoms with Crippen LogP contribution in [0.5, 0.6) is 0 Å². The Bertz CT molecular complexity index is 394. The van der Waals surface area contributed by atoms with E-state index in [1.54, 1.807) is 0 Å². The highest BCUT2D eigenvalue weighted by Crippen LogP contribution is 1.92. The molecule has 3 N–H and O–H groups in total. The Balaban J connectivity index is 3.92. The number of aliphatic carboxylic acids is 1. The van der Waals surface area contributed by atoms with E-state index in [0.717, 1.165) is 6.26 Å². The molecule has 1 atom stereocenters. The fourth-order valence-corrected chi connectivity index (χ4v) is 1.58. The quantitative estimate of drug-likeness (QED) is 0.522. The van der Waals surface area contributed by atoms with Gasteiger partial charge in [0, 0.05) is 32.8 Å². The molecule has 0 aliphatic rings. The van der Waals surface area contributed by atoms with Gasteiger partial charge in [-0.15, -0.1) is 0 Å². The summed E-state index contributed by atoms with van der Waals surface area (Å²) in [6.45, 7) is 0.0433. The van der Waals surface area contributed by atoms with Crippen molar-refractivity contribution in [2.45, 2.75) is 12.5 Å². The predicted octanol–water partition coefficient (Wildman–Crippen LogP) is -1.49. The van der Waals surface area contributed by atoms with Crippen LogP contribution >= 0.6 is 0 Å². The van der Waals surface area contributed by atoms with E-state index in [1.807, 2.05) is 0 Å². The van der Waals surface area contributed by atoms with Crippen molar-refractivity contribution in [2.24, 2.45) is 0 Å². The lowest BCUT2D eigenvalue weighted by Crippen LogP contribution is -2.41. The third kappa shape index (κ3) is 7.85. The van der Waals surface area contributed by atoms with Gasteiger partial charge in [0.15, 0.2) is 6.10 Å². The minimum atomic E-state index is -3.14. The predicted molar refractivity (Wildman–Crippen MR) is 64.0 cm³/mol. The number of aliphatic hydroxyl groups is 1. The van der Waals surface area contributed by atoms with Gasteiger partial charge >= 0.3 is 12.0 Å². The number of sulfone groups is 1. The topological polar surface area (TPSA) is 124 Å². The van der Waals surface area contributed by atoms with Crippen LogP contribution in [0.15, 0.2) is 0 Å². The summed E-state index contributed by atoms with van der Waals surface area (Å²) in [5.74, 6) is -1.50. The van der Waals surface area contributed by atoms with E-state index in [0.29, 0.717) is 0 Å². The minimum absolute atomic E-state index is 0.00445. The van der Waals surface area contributed by atoms with E-state index in [-0.39, 0.29) is 25.3 Å². The average Bonchev–Trinajstić information content (AvgIpc) is 2.24. The number of carboxylic acids is 1. The van der Waals surface area contributed by atoms with Crippen molar-refractivity contribution in [2.75, 3.05) is 32.1 Å². The van der Waals surface area contributed by atoms with Gasteiger partial charge in [0.2, 0.25) is 0 Å². The molecule has 0 rings (SSSR count). The summed E-state index contributed by atoms with van der Waals surface area (Å²) in [5, 5.41) is 19.7. The van der Waals surface area contributed by atoms with Crippen LogP contribution in [-0.4, -0.2) is 73.8 Å². The van der Waals surface area contributed by atoms with E-state index in [4.69, 9.17) is 10.2 Å². The van der Waals surface area contributed by atoms with Crippen LogP contribution in [0.1, 0.15) is 6.42 Å². The van der Waals surface area contributed by atoms with Gasteiger partial charge < -0.3 is 20.4 Å². The molecule has 0 spiro atoms. The molecule has 0 aromatic rings. The van der Waals surface area contributed by atoms with E-state index in [2.05, 4.69) is 5.32 Å². The van der Waals surface area contributed by atoms with E-state index >= 15 is 0 Å². The van der Waals surface area contributed by atoms with Gasteiger partial charge in [-0.25, -0.2) is 18.0 Å². The van der Waals surface area contributed by atoms with Gasteiger partial charge in [0.05, 0.1) is 5.75 Å². The standard InChI is InChI=1S/C9H18N2O6S/c1-11(5-6-18(2,16)17)9(15)10-4-3-7(12)8(13)14/h7,12H,3-6H2,1-2H3,(H,10,15)(H,13,14). The van der Waals surface area contributed by atoms with Crippen LogP contribution in [0, 0.1) is 0 Å². The first-order chi connectivity index (χ1) is 8.13. The number of nitrogens with one attached hydrogen (secondary N) is 1. The lowest BCUT2D eigenvalue weighted by Gasteiger charge is -2.17. The number of hydrogen-bond acceptors (Lipinski definition) is 5. The Morgan fingerprint density at radius 1 is 1.39 bits per heavy atom. The molecule has 106 valence electrons. The Kier molecular flexibility index (Phi) is 6.63. The summed E-state index contributed by atoms with van der Waals surface area (Å²) in [4.78, 5) is 22.9. The second kappa shape index (κ2) is 7.17. The number of carbonyl (C=O) groups is 2. The molecule has 1 unspecified atom stereocenters. The molecule has 0 fully saturated rings. The molecule has 0 aliphatic heterocycles. The smallest absolute Gasteiger partial charge is 0.332 e. The highest BCUT2D eigenvalue weighted by molar-refractivity contribution is 7.90. The lowest BCUT2D eigenvalue weighted by molar-refractivity contribution is -0.146. The maximum absolute atomic E-state index is 11.4. The summed E-state index contributed by atoms with van der Waals surface area (Å²) in [6, 6.07) is -0.517. The molecule has 0 aromatic carbocycles. The second-order valence-corrected chi connectivity index (χ2v) is 6.19. The highest BCUT2D eigenvalue weighted by atomic mass is 32.2. The second-order valence-electron chi connectivity index (χ2n) is 3.93. The van der Waals surface area contributed by atoms with Crippen molar-refractivity contribution in [3.63, 3.8) is 0 Å². The Hall–Kier alpha value is -1.35. The molecule has 2 amide bonds. The van der Waals surface area contributed by atoms with Crippen LogP contribution in [-0.2, 0) is 14.6 Å². The first-order valence-electron chi connectivity index (χ1n) is 5.21. The molecule has 18 heavy (non-hydrogen) atoms. The van der Waals surface area contributed by atoms with Crippen LogP contribution in [0.4, 0.5) is 4.79 Å². The molecule has 9 heteroatoms. The molecule has 0 radical (unpaired) electrons. The monoisotopic (exact) mass is 282 g/mol. The van der Waals surface area contributed by atoms with Crippen molar-refractivity contribution in [1.82, 2.24) is 10.2 Å². The van der Waals surface area contributed by atoms with Gasteiger partial charge in [-0.2, -0.15) is 0 Å². The summed E-state index contributed by atoms with van der Waals surface area (Å²) < 4.78 is 21.8. The third-order valence-corrected chi connectivity index (χ3v) is 3.05. The van der Waals surface area contributed by atoms with Gasteiger partial charge in [-0.1, -0.05) is 0 Å². The van der Waals surface area contributed by atoms with Crippen molar-refractivity contribution < 1.29 is 28.2 Å². The lowest BCUT2D eigenvalue weighted by atomic mass is 10.2. The maximum Gasteiger partial charge on any atom is 0.332 e. The molecule has 0 bridgehead atoms. The molecular formula is C9H18N2O6S. The van der Waals surface area contributed by atoms with Gasteiger partial charge in [0.25, 0.3) is 0 Å². The first-order valence-corrected chi connectivity index (χ1v) is 7.27. The summed E-state index contributed by atoms with van der Waals surface area (Å²) >= 11 is 0. The summed E-state index contributed by atoms with van der Waals surface area (Å²) in [6.07, 6.45) is -0.560. The zero-order valence-electron chi connectivity index (χ0n) is 10.3. The van der Waals surface area contributed by atoms with Crippen LogP contribution < -0.4 is 5.32 Å². The van der Waals surface area contributed by atoms with E-state index in [9.17, 15) is 18.0 Å². The van der Waals surface area contributed by atoms with Gasteiger partial charge in [0.1, 0.15) is 9.84 Å². The maximum atomic E-state index is 11.4. The Labute approximate surface area is 106 Å². The van der Waals surface area contributed by atoms with Crippen molar-refractivity contribution in [3.05, 3.63) is 0 Å². The van der Waals surface area contributed by atoms with Crippen molar-refractivity contribution >= 4 is 21.8 Å². The first kappa shape index (κ1) is 16.6. The van der Waals surface area contributed by atoms with Crippen LogP contribution in [0.3, 0.4) is 0 Å². The third-order valence-electron chi connectivity index (χ3n) is 2.12. The van der Waals surface area contributed by atoms with Gasteiger partial charge in [-0.3, -0.25) is 0 Å². The van der Waals surface area contributed by atoms with Crippen molar-refractivity contribution in [1.29, 1.82) is 0 Å². The Morgan fingerprint density at radius 2 is 1.94 bits per heavy atom. The molecule has 0 saturated heterocycles. The highest BCUT2D eigenvalue weighted by Gasteiger charge is 2.14. The zero-order valence-corrected chi connectivity index (χ0v) is 11.1. The number of urea groups is 1.